The molecule has 1 N–H and O–H groups in total. The van der Waals surface area contributed by atoms with Crippen molar-refractivity contribution in [2.75, 3.05) is 33.8 Å². The number of aliphatic hydroxyl groups excluding tert-OH is 1. The molecule has 1 heterocycles. The number of nitrogens with zero attached hydrogens (tertiary/aromatic N) is 2. The van der Waals surface area contributed by atoms with Crippen LogP contribution in [-0.2, 0) is 9.59 Å². The Morgan fingerprint density at radius 2 is 1.70 bits per heavy atom. The molecule has 0 aromatic heterocycles. The second-order valence-electron chi connectivity index (χ2n) is 9.20. The smallest absolute Gasteiger partial charge is 0.295 e. The van der Waals surface area contributed by atoms with Gasteiger partial charge in [0.15, 0.2) is 0 Å². The number of ketones is 1. The Balaban J connectivity index is 1.80. The second-order valence-corrected chi connectivity index (χ2v) is 9.20. The van der Waals surface area contributed by atoms with Gasteiger partial charge in [0.25, 0.3) is 11.7 Å². The van der Waals surface area contributed by atoms with Crippen LogP contribution in [0.2, 0.25) is 0 Å². The summed E-state index contributed by atoms with van der Waals surface area (Å²) in [6.07, 6.45) is 0. The highest BCUT2D eigenvalue weighted by atomic mass is 16.5. The lowest BCUT2D eigenvalue weighted by molar-refractivity contribution is -0.140. The third-order valence-corrected chi connectivity index (χ3v) is 6.23. The van der Waals surface area contributed by atoms with Crippen LogP contribution in [-0.4, -0.2) is 60.4 Å². The molecule has 1 amide bonds. The van der Waals surface area contributed by atoms with Gasteiger partial charge in [-0.05, 0) is 81.5 Å². The minimum absolute atomic E-state index is 0.0594. The molecule has 3 aromatic rings. The Hall–Kier alpha value is -4.10. The average molecular weight is 501 g/mol. The first-order valence-electron chi connectivity index (χ1n) is 12.3. The molecule has 1 unspecified atom stereocenters. The number of ether oxygens (including phenoxy) is 2. The predicted molar refractivity (Wildman–Crippen MR) is 143 cm³/mol. The normalized spacial score (nSPS) is 16.9. The number of likely N-dealkylation sites (N-methyl/N-ethyl adjacent to an activating group) is 1. The molecule has 1 saturated heterocycles. The summed E-state index contributed by atoms with van der Waals surface area (Å²) in [4.78, 5) is 30.0. The topological polar surface area (TPSA) is 79.3 Å². The number of hydrogen-bond donors (Lipinski definition) is 1. The van der Waals surface area contributed by atoms with E-state index in [2.05, 4.69) is 0 Å². The van der Waals surface area contributed by atoms with Crippen molar-refractivity contribution in [3.63, 3.8) is 0 Å². The van der Waals surface area contributed by atoms with Crippen LogP contribution in [0.3, 0.4) is 0 Å². The van der Waals surface area contributed by atoms with Crippen LogP contribution in [0.5, 0.6) is 17.2 Å². The molecule has 1 fully saturated rings. The van der Waals surface area contributed by atoms with Gasteiger partial charge in [-0.2, -0.15) is 0 Å². The number of aryl methyl sites for hydroxylation is 1. The van der Waals surface area contributed by atoms with E-state index in [4.69, 9.17) is 9.47 Å². The van der Waals surface area contributed by atoms with E-state index in [0.29, 0.717) is 48.1 Å². The van der Waals surface area contributed by atoms with E-state index in [0.717, 1.165) is 5.56 Å². The van der Waals surface area contributed by atoms with E-state index >= 15 is 0 Å². The molecule has 1 aliphatic heterocycles. The Morgan fingerprint density at radius 1 is 0.973 bits per heavy atom. The van der Waals surface area contributed by atoms with Crippen LogP contribution in [0, 0.1) is 6.92 Å². The van der Waals surface area contributed by atoms with Crippen LogP contribution in [0.25, 0.3) is 5.76 Å². The fraction of sp³-hybridized carbons (Fsp3) is 0.267. The molecule has 0 saturated carbocycles. The fourth-order valence-electron chi connectivity index (χ4n) is 4.41. The summed E-state index contributed by atoms with van der Waals surface area (Å²) in [7, 11) is 3.81. The number of benzene rings is 3. The van der Waals surface area contributed by atoms with Crippen LogP contribution >= 0.6 is 0 Å². The van der Waals surface area contributed by atoms with E-state index in [1.165, 1.54) is 4.90 Å². The number of carbonyl (C=O) groups excluding carboxylic acids is 2. The summed E-state index contributed by atoms with van der Waals surface area (Å²) in [6, 6.07) is 21.1. The minimum atomic E-state index is -0.758. The van der Waals surface area contributed by atoms with Crippen molar-refractivity contribution in [2.45, 2.75) is 19.9 Å². The van der Waals surface area contributed by atoms with E-state index in [1.54, 1.807) is 18.2 Å². The Bertz CT molecular complexity index is 1320. The van der Waals surface area contributed by atoms with Gasteiger partial charge in [0, 0.05) is 18.7 Å². The molecular weight excluding hydrogens is 468 g/mol. The summed E-state index contributed by atoms with van der Waals surface area (Å²) in [5, 5.41) is 11.4. The van der Waals surface area contributed by atoms with Crippen molar-refractivity contribution >= 4 is 17.4 Å². The van der Waals surface area contributed by atoms with Gasteiger partial charge in [-0.1, -0.05) is 30.3 Å². The SMILES string of the molecule is CCOc1ccc(C(O)=C2C(=O)C(=O)N(CCN(C)C)C2c2cccc(Oc3ccccc3)c2)cc1C. The van der Waals surface area contributed by atoms with Crippen molar-refractivity contribution in [3.05, 3.63) is 95.1 Å². The summed E-state index contributed by atoms with van der Waals surface area (Å²) in [5.41, 5.74) is 2.01. The first-order valence-corrected chi connectivity index (χ1v) is 12.3. The summed E-state index contributed by atoms with van der Waals surface area (Å²) < 4.78 is 11.6. The Morgan fingerprint density at radius 3 is 2.38 bits per heavy atom. The van der Waals surface area contributed by atoms with Crippen molar-refractivity contribution in [3.8, 4) is 17.2 Å². The second kappa shape index (κ2) is 11.3. The van der Waals surface area contributed by atoms with Gasteiger partial charge in [0.1, 0.15) is 23.0 Å². The van der Waals surface area contributed by atoms with Gasteiger partial charge in [0.05, 0.1) is 18.2 Å². The lowest BCUT2D eigenvalue weighted by Crippen LogP contribution is -2.35. The lowest BCUT2D eigenvalue weighted by Gasteiger charge is -2.27. The largest absolute Gasteiger partial charge is 0.507 e. The van der Waals surface area contributed by atoms with E-state index in [1.807, 2.05) is 87.4 Å². The van der Waals surface area contributed by atoms with Gasteiger partial charge in [0.2, 0.25) is 0 Å². The number of amides is 1. The quantitative estimate of drug-likeness (QED) is 0.248. The number of aliphatic hydroxyl groups is 1. The molecule has 3 aromatic carbocycles. The third-order valence-electron chi connectivity index (χ3n) is 6.23. The van der Waals surface area contributed by atoms with Gasteiger partial charge in [-0.3, -0.25) is 9.59 Å². The van der Waals surface area contributed by atoms with Gasteiger partial charge in [-0.15, -0.1) is 0 Å². The molecule has 0 radical (unpaired) electrons. The summed E-state index contributed by atoms with van der Waals surface area (Å²) >= 11 is 0. The number of hydrogen-bond acceptors (Lipinski definition) is 6. The maximum Gasteiger partial charge on any atom is 0.295 e. The molecule has 0 spiro atoms. The molecule has 0 aliphatic carbocycles. The van der Waals surface area contributed by atoms with E-state index in [-0.39, 0.29) is 11.3 Å². The van der Waals surface area contributed by atoms with Gasteiger partial charge < -0.3 is 24.4 Å². The van der Waals surface area contributed by atoms with Crippen LogP contribution in [0.15, 0.2) is 78.4 Å². The number of rotatable bonds is 9. The maximum atomic E-state index is 13.3. The highest BCUT2D eigenvalue weighted by Gasteiger charge is 2.46. The lowest BCUT2D eigenvalue weighted by atomic mass is 9.94. The Labute approximate surface area is 217 Å². The van der Waals surface area contributed by atoms with Crippen molar-refractivity contribution in [1.82, 2.24) is 9.80 Å². The number of carbonyl (C=O) groups is 2. The number of likely N-dealkylation sites (tertiary alicyclic amines) is 1. The Kier molecular flexibility index (Phi) is 7.94. The zero-order valence-corrected chi connectivity index (χ0v) is 21.6. The van der Waals surface area contributed by atoms with Gasteiger partial charge >= 0.3 is 0 Å². The predicted octanol–water partition coefficient (Wildman–Crippen LogP) is 5.17. The molecule has 7 heteroatoms. The zero-order valence-electron chi connectivity index (χ0n) is 21.6. The monoisotopic (exact) mass is 500 g/mol. The average Bonchev–Trinajstić information content (AvgIpc) is 3.14. The van der Waals surface area contributed by atoms with E-state index in [9.17, 15) is 14.7 Å². The van der Waals surface area contributed by atoms with Crippen molar-refractivity contribution in [2.24, 2.45) is 0 Å². The standard InChI is InChI=1S/C30H32N2O5/c1-5-36-25-15-14-22(18-20(25)2)28(33)26-27(32(17-16-31(3)4)30(35)29(26)34)21-10-9-13-24(19-21)37-23-11-7-6-8-12-23/h6-15,18-19,27,33H,5,16-17H2,1-4H3. The van der Waals surface area contributed by atoms with Crippen LogP contribution < -0.4 is 9.47 Å². The first-order chi connectivity index (χ1) is 17.8. The summed E-state index contributed by atoms with van der Waals surface area (Å²) in [6.45, 7) is 5.18. The van der Waals surface area contributed by atoms with Crippen LogP contribution in [0.4, 0.5) is 0 Å². The molecule has 1 aliphatic rings. The molecule has 192 valence electrons. The molecule has 1 atom stereocenters. The van der Waals surface area contributed by atoms with Gasteiger partial charge in [-0.25, -0.2) is 0 Å². The molecule has 37 heavy (non-hydrogen) atoms. The van der Waals surface area contributed by atoms with E-state index < -0.39 is 17.7 Å². The third kappa shape index (κ3) is 5.67. The highest BCUT2D eigenvalue weighted by Crippen LogP contribution is 2.41. The molecule has 0 bridgehead atoms. The number of para-hydroxylation sites is 1. The van der Waals surface area contributed by atoms with Crippen molar-refractivity contribution < 1.29 is 24.2 Å². The van der Waals surface area contributed by atoms with Crippen LogP contribution in [0.1, 0.15) is 29.7 Å². The highest BCUT2D eigenvalue weighted by molar-refractivity contribution is 6.46. The zero-order chi connectivity index (χ0) is 26.5. The molecular formula is C30H32N2O5. The maximum absolute atomic E-state index is 13.3. The fourth-order valence-corrected chi connectivity index (χ4v) is 4.41. The minimum Gasteiger partial charge on any atom is -0.507 e. The number of Topliss-reactive ketones (excluding diaryl/α,β-unsaturated/α-hetero) is 1. The van der Waals surface area contributed by atoms with Crippen molar-refractivity contribution in [1.29, 1.82) is 0 Å². The first kappa shape index (κ1) is 26.0. The summed E-state index contributed by atoms with van der Waals surface area (Å²) in [5.74, 6) is 0.390. The molecule has 7 nitrogen and oxygen atoms in total. The molecule has 4 rings (SSSR count).